The van der Waals surface area contributed by atoms with Gasteiger partial charge in [0.2, 0.25) is 5.82 Å². The number of anilines is 3. The molecule has 0 bridgehead atoms. The minimum atomic E-state index is -4.64. The minimum absolute atomic E-state index is 0.0117. The second kappa shape index (κ2) is 5.28. The van der Waals surface area contributed by atoms with Gasteiger partial charge in [0.05, 0.1) is 0 Å². The number of alkyl halides is 3. The summed E-state index contributed by atoms with van der Waals surface area (Å²) >= 11 is 3.31. The number of hydrogen-bond acceptors (Lipinski definition) is 4. The molecule has 0 spiro atoms. The monoisotopic (exact) mass is 346 g/mol. The standard InChI is InChI=1S/C12H10BrF3N4/c1-6-2-7(13)4-8(3-6)18-10-5-9(17)19-11(20-10)12(14,15)16/h2-5H,1H3,(H3,17,18,19,20). The van der Waals surface area contributed by atoms with Gasteiger partial charge in [-0.2, -0.15) is 13.2 Å². The van der Waals surface area contributed by atoms with Gasteiger partial charge in [-0.05, 0) is 30.7 Å². The average Bonchev–Trinajstić information content (AvgIpc) is 2.25. The highest BCUT2D eigenvalue weighted by Crippen LogP contribution is 2.29. The predicted molar refractivity (Wildman–Crippen MR) is 73.6 cm³/mol. The van der Waals surface area contributed by atoms with Crippen molar-refractivity contribution in [3.05, 3.63) is 40.1 Å². The van der Waals surface area contributed by atoms with E-state index in [2.05, 4.69) is 31.2 Å². The molecule has 2 aromatic rings. The molecule has 0 atom stereocenters. The van der Waals surface area contributed by atoms with Gasteiger partial charge in [-0.3, -0.25) is 0 Å². The molecule has 0 unspecified atom stereocenters. The Bertz CT molecular complexity index is 623. The smallest absolute Gasteiger partial charge is 0.384 e. The van der Waals surface area contributed by atoms with Crippen molar-refractivity contribution < 1.29 is 13.2 Å². The third-order valence-corrected chi connectivity index (χ3v) is 2.77. The third-order valence-electron chi connectivity index (χ3n) is 2.31. The summed E-state index contributed by atoms with van der Waals surface area (Å²) in [6.07, 6.45) is -4.64. The van der Waals surface area contributed by atoms with Gasteiger partial charge >= 0.3 is 6.18 Å². The molecule has 8 heteroatoms. The van der Waals surface area contributed by atoms with E-state index in [0.29, 0.717) is 5.69 Å². The Morgan fingerprint density at radius 3 is 2.45 bits per heavy atom. The van der Waals surface area contributed by atoms with E-state index < -0.39 is 12.0 Å². The Balaban J connectivity index is 2.36. The van der Waals surface area contributed by atoms with E-state index >= 15 is 0 Å². The molecule has 20 heavy (non-hydrogen) atoms. The van der Waals surface area contributed by atoms with Crippen LogP contribution < -0.4 is 11.1 Å². The highest BCUT2D eigenvalue weighted by molar-refractivity contribution is 9.10. The molecule has 2 rings (SSSR count). The van der Waals surface area contributed by atoms with Gasteiger partial charge in [-0.1, -0.05) is 15.9 Å². The summed E-state index contributed by atoms with van der Waals surface area (Å²) in [7, 11) is 0. The molecule has 0 radical (unpaired) electrons. The molecule has 0 aliphatic rings. The zero-order valence-corrected chi connectivity index (χ0v) is 11.9. The van der Waals surface area contributed by atoms with Crippen molar-refractivity contribution in [3.63, 3.8) is 0 Å². The maximum atomic E-state index is 12.6. The van der Waals surface area contributed by atoms with E-state index in [0.717, 1.165) is 10.0 Å². The van der Waals surface area contributed by atoms with Crippen molar-refractivity contribution in [2.24, 2.45) is 0 Å². The maximum Gasteiger partial charge on any atom is 0.451 e. The van der Waals surface area contributed by atoms with Crippen LogP contribution in [0.25, 0.3) is 0 Å². The quantitative estimate of drug-likeness (QED) is 0.865. The first-order chi connectivity index (χ1) is 9.24. The Kier molecular flexibility index (Phi) is 3.85. The second-order valence-electron chi connectivity index (χ2n) is 4.14. The maximum absolute atomic E-state index is 12.6. The lowest BCUT2D eigenvalue weighted by Gasteiger charge is -2.11. The highest BCUT2D eigenvalue weighted by atomic mass is 79.9. The van der Waals surface area contributed by atoms with Crippen LogP contribution in [-0.2, 0) is 6.18 Å². The summed E-state index contributed by atoms with van der Waals surface area (Å²) in [5.74, 6) is -1.53. The van der Waals surface area contributed by atoms with Crippen LogP contribution in [0.4, 0.5) is 30.5 Å². The van der Waals surface area contributed by atoms with Crippen LogP contribution in [0.15, 0.2) is 28.7 Å². The molecule has 1 heterocycles. The van der Waals surface area contributed by atoms with Gasteiger partial charge in [0.25, 0.3) is 0 Å². The van der Waals surface area contributed by atoms with Crippen LogP contribution in [0, 0.1) is 6.92 Å². The lowest BCUT2D eigenvalue weighted by Crippen LogP contribution is -2.13. The summed E-state index contributed by atoms with van der Waals surface area (Å²) in [6, 6.07) is 6.61. The molecular weight excluding hydrogens is 337 g/mol. The van der Waals surface area contributed by atoms with Gasteiger partial charge in [0, 0.05) is 16.2 Å². The molecule has 0 amide bonds. The number of rotatable bonds is 2. The van der Waals surface area contributed by atoms with Gasteiger partial charge < -0.3 is 11.1 Å². The Morgan fingerprint density at radius 1 is 1.15 bits per heavy atom. The van der Waals surface area contributed by atoms with Gasteiger partial charge in [-0.25, -0.2) is 9.97 Å². The number of aromatic nitrogens is 2. The SMILES string of the molecule is Cc1cc(Br)cc(Nc2cc(N)nc(C(F)(F)F)n2)c1. The van der Waals surface area contributed by atoms with Gasteiger partial charge in [0.15, 0.2) is 0 Å². The van der Waals surface area contributed by atoms with Crippen molar-refractivity contribution in [1.82, 2.24) is 9.97 Å². The van der Waals surface area contributed by atoms with E-state index in [1.165, 1.54) is 6.07 Å². The molecule has 4 nitrogen and oxygen atoms in total. The largest absolute Gasteiger partial charge is 0.451 e. The molecule has 0 aliphatic carbocycles. The molecule has 1 aromatic heterocycles. The average molecular weight is 347 g/mol. The number of nitrogens with two attached hydrogens (primary N) is 1. The molecule has 0 saturated heterocycles. The van der Waals surface area contributed by atoms with E-state index in [4.69, 9.17) is 5.73 Å². The first-order valence-corrected chi connectivity index (χ1v) is 6.29. The number of aryl methyl sites for hydroxylation is 1. The molecule has 3 N–H and O–H groups in total. The van der Waals surface area contributed by atoms with Crippen LogP contribution >= 0.6 is 15.9 Å². The lowest BCUT2D eigenvalue weighted by molar-refractivity contribution is -0.144. The van der Waals surface area contributed by atoms with Gasteiger partial charge in [-0.15, -0.1) is 0 Å². The number of nitrogens with one attached hydrogen (secondary N) is 1. The first kappa shape index (κ1) is 14.6. The molecule has 1 aromatic carbocycles. The predicted octanol–water partition coefficient (Wildman–Crippen LogP) is 3.89. The molecule has 0 saturated carbocycles. The number of hydrogen-bond donors (Lipinski definition) is 2. The number of nitrogen functional groups attached to an aromatic ring is 1. The third kappa shape index (κ3) is 3.60. The summed E-state index contributed by atoms with van der Waals surface area (Å²) in [5.41, 5.74) is 6.91. The van der Waals surface area contributed by atoms with Gasteiger partial charge in [0.1, 0.15) is 11.6 Å². The second-order valence-corrected chi connectivity index (χ2v) is 5.06. The summed E-state index contributed by atoms with van der Waals surface area (Å²) < 4.78 is 38.6. The number of benzene rings is 1. The molecular formula is C12H10BrF3N4. The topological polar surface area (TPSA) is 63.8 Å². The first-order valence-electron chi connectivity index (χ1n) is 5.50. The zero-order chi connectivity index (χ0) is 14.9. The molecule has 106 valence electrons. The summed E-state index contributed by atoms with van der Waals surface area (Å²) in [5, 5.41) is 2.78. The van der Waals surface area contributed by atoms with Crippen molar-refractivity contribution in [3.8, 4) is 0 Å². The van der Waals surface area contributed by atoms with Crippen LogP contribution in [0.2, 0.25) is 0 Å². The fourth-order valence-electron chi connectivity index (χ4n) is 1.61. The van der Waals surface area contributed by atoms with E-state index in [1.54, 1.807) is 12.1 Å². The zero-order valence-electron chi connectivity index (χ0n) is 10.3. The summed E-state index contributed by atoms with van der Waals surface area (Å²) in [6.45, 7) is 1.87. The number of halogens is 4. The molecule has 0 aliphatic heterocycles. The summed E-state index contributed by atoms with van der Waals surface area (Å²) in [4.78, 5) is 6.59. The van der Waals surface area contributed by atoms with Crippen LogP contribution in [-0.4, -0.2) is 9.97 Å². The fraction of sp³-hybridized carbons (Fsp3) is 0.167. The van der Waals surface area contributed by atoms with Crippen LogP contribution in [0.3, 0.4) is 0 Å². The Labute approximate surface area is 121 Å². The van der Waals surface area contributed by atoms with Crippen molar-refractivity contribution >= 4 is 33.3 Å². The Hall–Kier alpha value is -1.83. The van der Waals surface area contributed by atoms with E-state index in [-0.39, 0.29) is 11.6 Å². The number of nitrogens with zero attached hydrogens (tertiary/aromatic N) is 2. The van der Waals surface area contributed by atoms with Crippen LogP contribution in [0.5, 0.6) is 0 Å². The Morgan fingerprint density at radius 2 is 1.85 bits per heavy atom. The van der Waals surface area contributed by atoms with Crippen molar-refractivity contribution in [2.45, 2.75) is 13.1 Å². The van der Waals surface area contributed by atoms with E-state index in [1.807, 2.05) is 13.0 Å². The highest BCUT2D eigenvalue weighted by Gasteiger charge is 2.35. The minimum Gasteiger partial charge on any atom is -0.384 e. The lowest BCUT2D eigenvalue weighted by atomic mass is 10.2. The van der Waals surface area contributed by atoms with Crippen molar-refractivity contribution in [1.29, 1.82) is 0 Å². The van der Waals surface area contributed by atoms with E-state index in [9.17, 15) is 13.2 Å². The molecule has 0 fully saturated rings. The normalized spacial score (nSPS) is 11.4. The van der Waals surface area contributed by atoms with Crippen LogP contribution in [0.1, 0.15) is 11.4 Å². The fourth-order valence-corrected chi connectivity index (χ4v) is 2.22. The van der Waals surface area contributed by atoms with Crippen molar-refractivity contribution in [2.75, 3.05) is 11.1 Å².